The summed E-state index contributed by atoms with van der Waals surface area (Å²) in [6.07, 6.45) is 1.43. The van der Waals surface area contributed by atoms with Crippen molar-refractivity contribution in [3.05, 3.63) is 40.9 Å². The van der Waals surface area contributed by atoms with Crippen molar-refractivity contribution < 1.29 is 18.3 Å². The van der Waals surface area contributed by atoms with Crippen LogP contribution in [0.25, 0.3) is 21.9 Å². The van der Waals surface area contributed by atoms with Crippen LogP contribution in [0.4, 0.5) is 4.39 Å². The van der Waals surface area contributed by atoms with Gasteiger partial charge in [-0.3, -0.25) is 0 Å². The summed E-state index contributed by atoms with van der Waals surface area (Å²) in [6.45, 7) is 1.94. The summed E-state index contributed by atoms with van der Waals surface area (Å²) in [4.78, 5) is 12.6. The van der Waals surface area contributed by atoms with Crippen LogP contribution in [0.1, 0.15) is 26.2 Å². The van der Waals surface area contributed by atoms with Gasteiger partial charge in [0.2, 0.25) is 0 Å². The molecule has 3 aromatic rings. The number of fused-ring (bicyclic) bond motifs is 3. The summed E-state index contributed by atoms with van der Waals surface area (Å²) in [5.74, 6) is -3.13. The zero-order valence-electron chi connectivity index (χ0n) is 14.5. The fourth-order valence-corrected chi connectivity index (χ4v) is 3.84. The van der Waals surface area contributed by atoms with E-state index in [9.17, 15) is 9.18 Å². The molecule has 7 heteroatoms. The highest BCUT2D eigenvalue weighted by Gasteiger charge is 2.39. The Hall–Kier alpha value is -1.57. The molecule has 0 aliphatic heterocycles. The molecular formula is C19H19BrFNO3S. The number of ether oxygens (including phenoxy) is 1. The van der Waals surface area contributed by atoms with E-state index in [1.807, 2.05) is 43.3 Å². The van der Waals surface area contributed by atoms with Gasteiger partial charge >= 0.3 is 5.97 Å². The first-order valence-electron chi connectivity index (χ1n) is 8.30. The fraction of sp³-hybridized carbons (Fsp3) is 0.316. The van der Waals surface area contributed by atoms with E-state index >= 15 is 0 Å². The minimum Gasteiger partial charge on any atom is -0.466 e. The monoisotopic (exact) mass is 439 g/mol. The van der Waals surface area contributed by atoms with Crippen LogP contribution in [0.15, 0.2) is 50.2 Å². The summed E-state index contributed by atoms with van der Waals surface area (Å²) < 4.78 is 29.0. The van der Waals surface area contributed by atoms with Gasteiger partial charge in [-0.2, -0.15) is 0 Å². The van der Waals surface area contributed by atoms with Gasteiger partial charge in [0.25, 0.3) is 5.79 Å². The maximum absolute atomic E-state index is 14.9. The molecule has 0 radical (unpaired) electrons. The number of hydrogen-bond acceptors (Lipinski definition) is 5. The molecule has 0 amide bonds. The van der Waals surface area contributed by atoms with Crippen molar-refractivity contribution in [1.29, 1.82) is 0 Å². The second-order valence-electron chi connectivity index (χ2n) is 6.00. The van der Waals surface area contributed by atoms with Crippen LogP contribution < -0.4 is 4.72 Å². The van der Waals surface area contributed by atoms with Gasteiger partial charge in [0.1, 0.15) is 11.2 Å². The first-order chi connectivity index (χ1) is 12.5. The molecule has 0 saturated carbocycles. The van der Waals surface area contributed by atoms with Crippen molar-refractivity contribution in [2.45, 2.75) is 36.9 Å². The smallest absolute Gasteiger partial charge is 0.359 e. The number of rotatable bonds is 7. The van der Waals surface area contributed by atoms with Gasteiger partial charge in [-0.15, -0.1) is 0 Å². The Kier molecular flexibility index (Phi) is 5.89. The number of carbonyl (C=O) groups is 1. The molecule has 4 nitrogen and oxygen atoms in total. The normalized spacial score (nSPS) is 13.8. The van der Waals surface area contributed by atoms with Crippen molar-refractivity contribution in [2.24, 2.45) is 0 Å². The Balaban J connectivity index is 1.84. The predicted molar refractivity (Wildman–Crippen MR) is 106 cm³/mol. The van der Waals surface area contributed by atoms with Gasteiger partial charge in [0.15, 0.2) is 0 Å². The molecule has 1 atom stereocenters. The van der Waals surface area contributed by atoms with Crippen molar-refractivity contribution in [3.8, 4) is 0 Å². The summed E-state index contributed by atoms with van der Waals surface area (Å²) in [6, 6.07) is 11.5. The number of hydrogen-bond donors (Lipinski definition) is 1. The van der Waals surface area contributed by atoms with Crippen LogP contribution in [-0.4, -0.2) is 18.9 Å². The number of furan rings is 1. The van der Waals surface area contributed by atoms with E-state index < -0.39 is 11.8 Å². The highest BCUT2D eigenvalue weighted by atomic mass is 79.9. The van der Waals surface area contributed by atoms with Gasteiger partial charge < -0.3 is 9.15 Å². The second kappa shape index (κ2) is 7.98. The van der Waals surface area contributed by atoms with E-state index in [-0.39, 0.29) is 6.42 Å². The lowest BCUT2D eigenvalue weighted by molar-refractivity contribution is -0.156. The van der Waals surface area contributed by atoms with E-state index in [1.54, 1.807) is 0 Å². The lowest BCUT2D eigenvalue weighted by atomic mass is 10.1. The molecule has 1 N–H and O–H groups in total. The van der Waals surface area contributed by atoms with Gasteiger partial charge in [-0.05, 0) is 54.8 Å². The molecule has 1 aromatic heterocycles. The predicted octanol–water partition coefficient (Wildman–Crippen LogP) is 5.97. The third-order valence-corrected chi connectivity index (χ3v) is 5.53. The quantitative estimate of drug-likeness (QED) is 0.279. The Morgan fingerprint density at radius 3 is 2.81 bits per heavy atom. The maximum Gasteiger partial charge on any atom is 0.359 e. The number of halogens is 2. The Morgan fingerprint density at radius 1 is 1.27 bits per heavy atom. The molecule has 0 spiro atoms. The van der Waals surface area contributed by atoms with Crippen LogP contribution in [0.3, 0.4) is 0 Å². The maximum atomic E-state index is 14.9. The zero-order chi connectivity index (χ0) is 18.7. The summed E-state index contributed by atoms with van der Waals surface area (Å²) >= 11 is 4.52. The second-order valence-corrected chi connectivity index (χ2v) is 7.80. The van der Waals surface area contributed by atoms with E-state index in [0.717, 1.165) is 44.1 Å². The number of alkyl halides is 1. The number of nitrogens with one attached hydrogen (secondary N) is 1. The number of methoxy groups -OCH3 is 1. The molecule has 138 valence electrons. The van der Waals surface area contributed by atoms with E-state index in [1.165, 1.54) is 7.11 Å². The molecule has 0 fully saturated rings. The topological polar surface area (TPSA) is 51.5 Å². The average molecular weight is 440 g/mol. The van der Waals surface area contributed by atoms with E-state index in [0.29, 0.717) is 12.0 Å². The van der Waals surface area contributed by atoms with Crippen molar-refractivity contribution >= 4 is 55.8 Å². The van der Waals surface area contributed by atoms with Crippen LogP contribution >= 0.6 is 27.9 Å². The molecule has 1 heterocycles. The van der Waals surface area contributed by atoms with Crippen molar-refractivity contribution in [2.75, 3.05) is 7.11 Å². The third kappa shape index (κ3) is 3.89. The lowest BCUT2D eigenvalue weighted by Crippen LogP contribution is -2.45. The highest BCUT2D eigenvalue weighted by Crippen LogP contribution is 2.33. The van der Waals surface area contributed by atoms with E-state index in [2.05, 4.69) is 25.4 Å². The van der Waals surface area contributed by atoms with E-state index in [4.69, 9.17) is 4.42 Å². The van der Waals surface area contributed by atoms with Gasteiger partial charge in [0.05, 0.1) is 7.11 Å². The van der Waals surface area contributed by atoms with Crippen LogP contribution in [-0.2, 0) is 9.53 Å². The number of carbonyl (C=O) groups excluding carboxylic acids is 1. The highest BCUT2D eigenvalue weighted by molar-refractivity contribution is 9.10. The Bertz CT molecular complexity index is 945. The Morgan fingerprint density at radius 2 is 2.08 bits per heavy atom. The molecule has 0 aliphatic carbocycles. The molecule has 3 rings (SSSR count). The van der Waals surface area contributed by atoms with Crippen molar-refractivity contribution in [3.63, 3.8) is 0 Å². The fourth-order valence-electron chi connectivity index (χ4n) is 2.71. The largest absolute Gasteiger partial charge is 0.466 e. The number of benzene rings is 2. The van der Waals surface area contributed by atoms with Crippen molar-refractivity contribution in [1.82, 2.24) is 4.72 Å². The molecule has 0 saturated heterocycles. The summed E-state index contributed by atoms with van der Waals surface area (Å²) in [5.41, 5.74) is 1.50. The SMILES string of the molecule is CCCCC(F)(NSc1ccc2c(c1)oc1ccc(Br)cc12)C(=O)OC. The minimum atomic E-state index is -2.22. The lowest BCUT2D eigenvalue weighted by Gasteiger charge is -2.23. The van der Waals surface area contributed by atoms with Crippen LogP contribution in [0.2, 0.25) is 0 Å². The first kappa shape index (κ1) is 19.2. The number of unbranched alkanes of at least 4 members (excludes halogenated alkanes) is 1. The van der Waals surface area contributed by atoms with Crippen LogP contribution in [0, 0.1) is 0 Å². The minimum absolute atomic E-state index is 0.0596. The molecule has 1 unspecified atom stereocenters. The van der Waals surface area contributed by atoms with Gasteiger partial charge in [-0.1, -0.05) is 29.3 Å². The molecular weight excluding hydrogens is 421 g/mol. The standard InChI is InChI=1S/C19H19BrFNO3S/c1-3-4-9-19(21,18(23)24-2)22-26-13-6-7-14-15-10-12(20)5-8-16(15)25-17(14)11-13/h5-8,10-11,22H,3-4,9H2,1-2H3. The van der Waals surface area contributed by atoms with Gasteiger partial charge in [-0.25, -0.2) is 13.9 Å². The molecule has 0 aliphatic rings. The summed E-state index contributed by atoms with van der Waals surface area (Å²) in [5, 5.41) is 1.99. The average Bonchev–Trinajstić information content (AvgIpc) is 3.01. The first-order valence-corrected chi connectivity index (χ1v) is 9.91. The molecule has 0 bridgehead atoms. The van der Waals surface area contributed by atoms with Gasteiger partial charge in [0, 0.05) is 26.6 Å². The number of esters is 1. The van der Waals surface area contributed by atoms with Crippen LogP contribution in [0.5, 0.6) is 0 Å². The third-order valence-electron chi connectivity index (χ3n) is 4.12. The molecule has 26 heavy (non-hydrogen) atoms. The zero-order valence-corrected chi connectivity index (χ0v) is 16.9. The summed E-state index contributed by atoms with van der Waals surface area (Å²) in [7, 11) is 1.19. The Labute approximate surface area is 163 Å². The molecule has 2 aromatic carbocycles.